The summed E-state index contributed by atoms with van der Waals surface area (Å²) in [5, 5.41) is 18.0. The molecular weight excluding hydrogens is 228 g/mol. The molecule has 0 aliphatic carbocycles. The molecule has 4 nitrogen and oxygen atoms in total. The van der Waals surface area contributed by atoms with Gasteiger partial charge in [-0.3, -0.25) is 0 Å². The van der Waals surface area contributed by atoms with Crippen LogP contribution in [0, 0.1) is 11.3 Å². The first-order chi connectivity index (χ1) is 8.70. The van der Waals surface area contributed by atoms with Gasteiger partial charge in [0.2, 0.25) is 0 Å². The fraction of sp³-hybridized carbons (Fsp3) is 0.429. The first-order valence-corrected chi connectivity index (χ1v) is 6.12. The van der Waals surface area contributed by atoms with Crippen molar-refractivity contribution in [2.24, 2.45) is 0 Å². The van der Waals surface area contributed by atoms with Gasteiger partial charge < -0.3 is 10.0 Å². The molecular formula is C14H18N2O2. The lowest BCUT2D eigenvalue weighted by Crippen LogP contribution is -2.41. The Bertz CT molecular complexity index is 412. The number of rotatable bonds is 7. The van der Waals surface area contributed by atoms with Crippen LogP contribution in [0.5, 0.6) is 0 Å². The molecule has 1 aromatic rings. The maximum atomic E-state index is 11.3. The summed E-state index contributed by atoms with van der Waals surface area (Å²) in [6.45, 7) is 2.40. The van der Waals surface area contributed by atoms with E-state index in [9.17, 15) is 9.90 Å². The van der Waals surface area contributed by atoms with Crippen LogP contribution in [0.1, 0.15) is 26.2 Å². The van der Waals surface area contributed by atoms with E-state index in [4.69, 9.17) is 5.26 Å². The Labute approximate surface area is 107 Å². The quantitative estimate of drug-likeness (QED) is 0.803. The summed E-state index contributed by atoms with van der Waals surface area (Å²) >= 11 is 0. The second kappa shape index (κ2) is 7.33. The average Bonchev–Trinajstić information content (AvgIpc) is 2.39. The standard InChI is InChI=1S/C14H18N2O2/c1-2-7-13(14(17)18)16(11-6-10-15)12-8-4-3-5-9-12/h3-5,8-9,13H,2,6-7,11H2,1H3,(H,17,18). The lowest BCUT2D eigenvalue weighted by Gasteiger charge is -2.30. The van der Waals surface area contributed by atoms with Crippen LogP contribution in [-0.4, -0.2) is 23.7 Å². The van der Waals surface area contributed by atoms with Crippen molar-refractivity contribution in [1.82, 2.24) is 0 Å². The number of carboxylic acids is 1. The minimum Gasteiger partial charge on any atom is -0.480 e. The molecule has 0 radical (unpaired) electrons. The highest BCUT2D eigenvalue weighted by atomic mass is 16.4. The third-order valence-electron chi connectivity index (χ3n) is 2.78. The van der Waals surface area contributed by atoms with Crippen molar-refractivity contribution in [3.8, 4) is 6.07 Å². The average molecular weight is 246 g/mol. The summed E-state index contributed by atoms with van der Waals surface area (Å²) in [7, 11) is 0. The van der Waals surface area contributed by atoms with Gasteiger partial charge in [0.25, 0.3) is 0 Å². The Balaban J connectivity index is 2.96. The summed E-state index contributed by atoms with van der Waals surface area (Å²) in [5.74, 6) is -0.835. The van der Waals surface area contributed by atoms with Gasteiger partial charge in [0, 0.05) is 12.2 Å². The fourth-order valence-corrected chi connectivity index (χ4v) is 1.94. The van der Waals surface area contributed by atoms with Gasteiger partial charge in [0.15, 0.2) is 0 Å². The number of carbonyl (C=O) groups is 1. The molecule has 1 unspecified atom stereocenters. The van der Waals surface area contributed by atoms with Crippen LogP contribution >= 0.6 is 0 Å². The summed E-state index contributed by atoms with van der Waals surface area (Å²) in [4.78, 5) is 13.1. The maximum Gasteiger partial charge on any atom is 0.326 e. The predicted octanol–water partition coefficient (Wildman–Crippen LogP) is 2.66. The highest BCUT2D eigenvalue weighted by molar-refractivity contribution is 5.78. The van der Waals surface area contributed by atoms with Gasteiger partial charge in [0.05, 0.1) is 12.5 Å². The Morgan fingerprint density at radius 3 is 2.61 bits per heavy atom. The molecule has 0 aromatic heterocycles. The fourth-order valence-electron chi connectivity index (χ4n) is 1.94. The summed E-state index contributed by atoms with van der Waals surface area (Å²) in [6, 6.07) is 10.9. The van der Waals surface area contributed by atoms with Gasteiger partial charge in [-0.25, -0.2) is 4.79 Å². The predicted molar refractivity (Wildman–Crippen MR) is 70.3 cm³/mol. The smallest absolute Gasteiger partial charge is 0.326 e. The molecule has 1 rings (SSSR count). The minimum absolute atomic E-state index is 0.322. The summed E-state index contributed by atoms with van der Waals surface area (Å²) in [5.41, 5.74) is 0.855. The van der Waals surface area contributed by atoms with E-state index < -0.39 is 12.0 Å². The number of nitriles is 1. The van der Waals surface area contributed by atoms with Crippen LogP contribution in [-0.2, 0) is 4.79 Å². The maximum absolute atomic E-state index is 11.3. The van der Waals surface area contributed by atoms with Crippen molar-refractivity contribution in [1.29, 1.82) is 5.26 Å². The van der Waals surface area contributed by atoms with Gasteiger partial charge in [-0.1, -0.05) is 31.5 Å². The third kappa shape index (κ3) is 3.77. The van der Waals surface area contributed by atoms with E-state index in [1.165, 1.54) is 0 Å². The Morgan fingerprint density at radius 1 is 1.44 bits per heavy atom. The molecule has 0 fully saturated rings. The number of nitrogens with zero attached hydrogens (tertiary/aromatic N) is 2. The van der Waals surface area contributed by atoms with Crippen molar-refractivity contribution in [3.63, 3.8) is 0 Å². The molecule has 0 saturated heterocycles. The zero-order valence-electron chi connectivity index (χ0n) is 10.5. The third-order valence-corrected chi connectivity index (χ3v) is 2.78. The normalized spacial score (nSPS) is 11.6. The largest absolute Gasteiger partial charge is 0.480 e. The van der Waals surface area contributed by atoms with E-state index in [0.717, 1.165) is 12.1 Å². The van der Waals surface area contributed by atoms with Crippen LogP contribution in [0.3, 0.4) is 0 Å². The molecule has 1 atom stereocenters. The molecule has 0 saturated carbocycles. The van der Waals surface area contributed by atoms with Crippen LogP contribution in [0.4, 0.5) is 5.69 Å². The van der Waals surface area contributed by atoms with Crippen LogP contribution < -0.4 is 4.90 Å². The second-order valence-electron chi connectivity index (χ2n) is 4.08. The molecule has 96 valence electrons. The van der Waals surface area contributed by atoms with Crippen molar-refractivity contribution in [2.45, 2.75) is 32.2 Å². The SMILES string of the molecule is CCCC(C(=O)O)N(CCC#N)c1ccccc1. The van der Waals surface area contributed by atoms with Gasteiger partial charge in [-0.05, 0) is 18.6 Å². The second-order valence-corrected chi connectivity index (χ2v) is 4.08. The molecule has 4 heteroatoms. The van der Waals surface area contributed by atoms with E-state index in [-0.39, 0.29) is 0 Å². The molecule has 0 spiro atoms. The molecule has 0 amide bonds. The number of para-hydroxylation sites is 1. The molecule has 18 heavy (non-hydrogen) atoms. The molecule has 0 heterocycles. The summed E-state index contributed by atoms with van der Waals surface area (Å²) < 4.78 is 0. The molecule has 0 aliphatic heterocycles. The number of anilines is 1. The van der Waals surface area contributed by atoms with E-state index in [0.29, 0.717) is 19.4 Å². The molecule has 0 bridgehead atoms. The lowest BCUT2D eigenvalue weighted by atomic mass is 10.1. The number of hydrogen-bond donors (Lipinski definition) is 1. The van der Waals surface area contributed by atoms with Crippen molar-refractivity contribution in [2.75, 3.05) is 11.4 Å². The Hall–Kier alpha value is -2.02. The van der Waals surface area contributed by atoms with Crippen LogP contribution in [0.15, 0.2) is 30.3 Å². The Morgan fingerprint density at radius 2 is 2.11 bits per heavy atom. The van der Waals surface area contributed by atoms with Crippen LogP contribution in [0.25, 0.3) is 0 Å². The monoisotopic (exact) mass is 246 g/mol. The van der Waals surface area contributed by atoms with Crippen molar-refractivity contribution in [3.05, 3.63) is 30.3 Å². The molecule has 1 aromatic carbocycles. The topological polar surface area (TPSA) is 64.3 Å². The van der Waals surface area contributed by atoms with E-state index in [2.05, 4.69) is 6.07 Å². The van der Waals surface area contributed by atoms with Gasteiger partial charge in [-0.2, -0.15) is 5.26 Å². The zero-order chi connectivity index (χ0) is 13.4. The lowest BCUT2D eigenvalue weighted by molar-refractivity contribution is -0.138. The van der Waals surface area contributed by atoms with Crippen molar-refractivity contribution >= 4 is 11.7 Å². The number of carboxylic acid groups (broad SMARTS) is 1. The van der Waals surface area contributed by atoms with Gasteiger partial charge >= 0.3 is 5.97 Å². The van der Waals surface area contributed by atoms with Crippen LogP contribution in [0.2, 0.25) is 0 Å². The zero-order valence-corrected chi connectivity index (χ0v) is 10.5. The highest BCUT2D eigenvalue weighted by Crippen LogP contribution is 2.19. The molecule has 1 N–H and O–H groups in total. The first kappa shape index (κ1) is 14.0. The van der Waals surface area contributed by atoms with E-state index in [1.54, 1.807) is 4.90 Å². The van der Waals surface area contributed by atoms with E-state index >= 15 is 0 Å². The highest BCUT2D eigenvalue weighted by Gasteiger charge is 2.24. The van der Waals surface area contributed by atoms with Gasteiger partial charge in [-0.15, -0.1) is 0 Å². The first-order valence-electron chi connectivity index (χ1n) is 6.12. The number of aliphatic carboxylic acids is 1. The minimum atomic E-state index is -0.835. The molecule has 0 aliphatic rings. The van der Waals surface area contributed by atoms with Crippen molar-refractivity contribution < 1.29 is 9.90 Å². The number of hydrogen-bond acceptors (Lipinski definition) is 3. The Kier molecular flexibility index (Phi) is 5.72. The van der Waals surface area contributed by atoms with Gasteiger partial charge in [0.1, 0.15) is 6.04 Å². The number of benzene rings is 1. The summed E-state index contributed by atoms with van der Waals surface area (Å²) in [6.07, 6.45) is 1.70. The van der Waals surface area contributed by atoms with E-state index in [1.807, 2.05) is 37.3 Å².